The van der Waals surface area contributed by atoms with Gasteiger partial charge in [0.15, 0.2) is 0 Å². The molecule has 0 radical (unpaired) electrons. The average Bonchev–Trinajstić information content (AvgIpc) is 2.26. The van der Waals surface area contributed by atoms with Crippen molar-refractivity contribution in [2.24, 2.45) is 11.7 Å². The number of halogens is 1. The van der Waals surface area contributed by atoms with Crippen LogP contribution in [0.1, 0.15) is 32.4 Å². The Morgan fingerprint density at radius 2 is 1.88 bits per heavy atom. The van der Waals surface area contributed by atoms with Crippen LogP contribution in [0.5, 0.6) is 0 Å². The molecule has 2 atom stereocenters. The summed E-state index contributed by atoms with van der Waals surface area (Å²) >= 11 is 1.06. The van der Waals surface area contributed by atoms with E-state index in [1.807, 2.05) is 13.0 Å². The number of benzene rings is 1. The summed E-state index contributed by atoms with van der Waals surface area (Å²) in [6.07, 6.45) is 0. The molecule has 0 fully saturated rings. The summed E-state index contributed by atoms with van der Waals surface area (Å²) in [6, 6.07) is 8.43. The van der Waals surface area contributed by atoms with Gasteiger partial charge in [0.2, 0.25) is 0 Å². The zero-order chi connectivity index (χ0) is 13.1. The zero-order valence-corrected chi connectivity index (χ0v) is 15.5. The third-order valence-electron chi connectivity index (χ3n) is 2.62. The van der Waals surface area contributed by atoms with Gasteiger partial charge in [-0.15, -0.1) is 0 Å². The van der Waals surface area contributed by atoms with Crippen LogP contribution in [0.15, 0.2) is 24.3 Å². The number of nitrogens with two attached hydrogens (primary N) is 1. The molecule has 2 unspecified atom stereocenters. The third-order valence-corrected chi connectivity index (χ3v) is 13.1. The van der Waals surface area contributed by atoms with Crippen LogP contribution in [-0.4, -0.2) is 23.2 Å². The average molecular weight is 407 g/mol. The van der Waals surface area contributed by atoms with Crippen molar-refractivity contribution in [1.29, 1.82) is 0 Å². The van der Waals surface area contributed by atoms with E-state index in [0.717, 1.165) is 6.61 Å². The Kier molecular flexibility index (Phi) is 5.96. The molecule has 0 saturated heterocycles. The van der Waals surface area contributed by atoms with Gasteiger partial charge >= 0.3 is 116 Å². The molecular weight excluding hydrogens is 385 g/mol. The van der Waals surface area contributed by atoms with Crippen LogP contribution < -0.4 is 9.31 Å². The van der Waals surface area contributed by atoms with Gasteiger partial charge in [0.1, 0.15) is 0 Å². The third kappa shape index (κ3) is 4.54. The molecule has 0 saturated carbocycles. The normalized spacial score (nSPS) is 16.9. The molecule has 0 heterocycles. The Hall–Kier alpha value is 0.419. The number of hydrogen-bond acceptors (Lipinski definition) is 2. The minimum absolute atomic E-state index is 0.0578. The summed E-state index contributed by atoms with van der Waals surface area (Å²) in [5.41, 5.74) is 7.24. The van der Waals surface area contributed by atoms with Crippen molar-refractivity contribution in [3.63, 3.8) is 0 Å². The molecule has 2 nitrogen and oxygen atoms in total. The first-order valence-corrected chi connectivity index (χ1v) is 17.9. The summed E-state index contributed by atoms with van der Waals surface area (Å²) in [6.45, 7) is 7.18. The summed E-state index contributed by atoms with van der Waals surface area (Å²) in [7, 11) is 0. The molecule has 1 rings (SSSR count). The molecule has 1 aromatic rings. The Balaban J connectivity index is 2.97. The second-order valence-electron chi connectivity index (χ2n) is 5.00. The number of rotatable bonds is 5. The van der Waals surface area contributed by atoms with Crippen molar-refractivity contribution in [2.75, 3.05) is 6.61 Å². The first-order chi connectivity index (χ1) is 7.84. The topological polar surface area (TPSA) is 35.2 Å². The van der Waals surface area contributed by atoms with Gasteiger partial charge < -0.3 is 0 Å². The van der Waals surface area contributed by atoms with Gasteiger partial charge in [0, 0.05) is 0 Å². The molecular formula is C13H22BrNOSn. The van der Waals surface area contributed by atoms with Crippen molar-refractivity contribution in [2.45, 2.75) is 31.8 Å². The van der Waals surface area contributed by atoms with Gasteiger partial charge in [-0.1, -0.05) is 0 Å². The van der Waals surface area contributed by atoms with E-state index >= 15 is 0 Å². The molecule has 0 spiro atoms. The molecule has 96 valence electrons. The van der Waals surface area contributed by atoms with E-state index in [-0.39, 0.29) is 6.04 Å². The van der Waals surface area contributed by atoms with Crippen molar-refractivity contribution in [1.82, 2.24) is 0 Å². The Morgan fingerprint density at radius 1 is 1.29 bits per heavy atom. The van der Waals surface area contributed by atoms with Gasteiger partial charge in [-0.25, -0.2) is 0 Å². The molecule has 0 aliphatic carbocycles. The minimum atomic E-state index is -2.81. The molecule has 0 aromatic heterocycles. The van der Waals surface area contributed by atoms with Crippen LogP contribution in [-0.2, 0) is 3.07 Å². The van der Waals surface area contributed by atoms with Crippen LogP contribution in [0.2, 0.25) is 4.94 Å². The summed E-state index contributed by atoms with van der Waals surface area (Å²) in [4.78, 5) is 2.23. The molecule has 4 heteroatoms. The first kappa shape index (κ1) is 15.5. The molecule has 17 heavy (non-hydrogen) atoms. The molecule has 0 amide bonds. The van der Waals surface area contributed by atoms with E-state index in [1.165, 1.54) is 9.14 Å². The maximum atomic E-state index is 6.14. The van der Waals surface area contributed by atoms with Crippen molar-refractivity contribution >= 4 is 32.9 Å². The molecule has 0 aliphatic rings. The molecule has 0 bridgehead atoms. The van der Waals surface area contributed by atoms with Gasteiger partial charge in [-0.05, 0) is 0 Å². The predicted octanol–water partition coefficient (Wildman–Crippen LogP) is 3.05. The maximum absolute atomic E-state index is 6.14. The Morgan fingerprint density at radius 3 is 2.41 bits per heavy atom. The van der Waals surface area contributed by atoms with Gasteiger partial charge in [0.25, 0.3) is 0 Å². The zero-order valence-electron chi connectivity index (χ0n) is 11.0. The monoisotopic (exact) mass is 407 g/mol. The van der Waals surface area contributed by atoms with E-state index in [2.05, 4.69) is 49.7 Å². The molecule has 2 N–H and O–H groups in total. The molecule has 0 aliphatic heterocycles. The second kappa shape index (κ2) is 6.55. The van der Waals surface area contributed by atoms with Gasteiger partial charge in [-0.3, -0.25) is 0 Å². The van der Waals surface area contributed by atoms with E-state index in [4.69, 9.17) is 8.81 Å². The van der Waals surface area contributed by atoms with Gasteiger partial charge in [-0.2, -0.15) is 0 Å². The van der Waals surface area contributed by atoms with E-state index in [1.54, 1.807) is 0 Å². The van der Waals surface area contributed by atoms with E-state index in [0.29, 0.717) is 5.92 Å². The standard InChI is InChI=1S/C8H10N.C4H9O.CH3.BrH.Sn/c1-7(9)8-5-3-2-4-6-8;1-4(2)3-5;;;/h2-5,7H,9H2,1H3;4H,3H2,1-2H3;1H3;1H;/q;-1;;;+2/p-1. The SMILES string of the molecule is CC(C)C[O][Sn]([CH3])([Br])[c]1ccccc1C(C)N. The van der Waals surface area contributed by atoms with Crippen molar-refractivity contribution < 1.29 is 3.07 Å². The van der Waals surface area contributed by atoms with Crippen LogP contribution in [0.3, 0.4) is 0 Å². The van der Waals surface area contributed by atoms with E-state index in [9.17, 15) is 0 Å². The summed E-state index contributed by atoms with van der Waals surface area (Å²) < 4.78 is 7.46. The fourth-order valence-corrected chi connectivity index (χ4v) is 10.8. The Bertz CT molecular complexity index is 366. The quantitative estimate of drug-likeness (QED) is 0.763. The van der Waals surface area contributed by atoms with Gasteiger partial charge in [0.05, 0.1) is 0 Å². The summed E-state index contributed by atoms with van der Waals surface area (Å²) in [5.74, 6) is 0.561. The van der Waals surface area contributed by atoms with Crippen LogP contribution >= 0.6 is 12.7 Å². The number of hydrogen-bond donors (Lipinski definition) is 1. The van der Waals surface area contributed by atoms with Crippen LogP contribution in [0.4, 0.5) is 0 Å². The fraction of sp³-hybridized carbons (Fsp3) is 0.538. The Labute approximate surface area is 115 Å². The predicted molar refractivity (Wildman–Crippen MR) is 80.0 cm³/mol. The van der Waals surface area contributed by atoms with Crippen LogP contribution in [0, 0.1) is 5.92 Å². The fourth-order valence-electron chi connectivity index (χ4n) is 1.70. The van der Waals surface area contributed by atoms with Crippen molar-refractivity contribution in [3.05, 3.63) is 29.8 Å². The van der Waals surface area contributed by atoms with E-state index < -0.39 is 16.6 Å². The molecule has 1 aromatic carbocycles. The summed E-state index contributed by atoms with van der Waals surface area (Å²) in [5, 5.41) is 0. The van der Waals surface area contributed by atoms with Crippen molar-refractivity contribution in [3.8, 4) is 0 Å². The first-order valence-electron chi connectivity index (χ1n) is 6.02. The second-order valence-corrected chi connectivity index (χ2v) is 22.7. The van der Waals surface area contributed by atoms with Crippen LogP contribution in [0.25, 0.3) is 0 Å².